The van der Waals surface area contributed by atoms with Gasteiger partial charge in [0.2, 0.25) is 0 Å². The molecule has 1 saturated carbocycles. The van der Waals surface area contributed by atoms with Crippen molar-refractivity contribution in [3.8, 4) is 0 Å². The SMILES string of the molecule is CC1CCC(C(N)c2cc(Cl)ccc2I)CC1. The molecule has 3 heteroatoms. The van der Waals surface area contributed by atoms with Gasteiger partial charge in [0, 0.05) is 14.6 Å². The fourth-order valence-corrected chi connectivity index (χ4v) is 3.54. The third-order valence-electron chi connectivity index (χ3n) is 3.89. The first kappa shape index (κ1) is 13.6. The quantitative estimate of drug-likeness (QED) is 0.753. The zero-order valence-electron chi connectivity index (χ0n) is 10.1. The van der Waals surface area contributed by atoms with Crippen LogP contribution in [0.1, 0.15) is 44.2 Å². The van der Waals surface area contributed by atoms with Gasteiger partial charge in [-0.25, -0.2) is 0 Å². The van der Waals surface area contributed by atoms with E-state index in [-0.39, 0.29) is 6.04 Å². The molecule has 0 amide bonds. The fourth-order valence-electron chi connectivity index (χ4n) is 2.67. The molecule has 1 fully saturated rings. The molecule has 94 valence electrons. The van der Waals surface area contributed by atoms with Gasteiger partial charge >= 0.3 is 0 Å². The summed E-state index contributed by atoms with van der Waals surface area (Å²) in [5, 5.41) is 0.792. The van der Waals surface area contributed by atoms with Gasteiger partial charge in [-0.05, 0) is 71.0 Å². The molecule has 0 bridgehead atoms. The molecule has 1 aliphatic rings. The molecule has 0 heterocycles. The van der Waals surface area contributed by atoms with Gasteiger partial charge in [-0.3, -0.25) is 0 Å². The van der Waals surface area contributed by atoms with Gasteiger partial charge in [-0.15, -0.1) is 0 Å². The Balaban J connectivity index is 2.13. The van der Waals surface area contributed by atoms with Gasteiger partial charge in [0.1, 0.15) is 0 Å². The first-order valence-electron chi connectivity index (χ1n) is 6.28. The number of rotatable bonds is 2. The molecular weight excluding hydrogens is 345 g/mol. The summed E-state index contributed by atoms with van der Waals surface area (Å²) >= 11 is 8.42. The van der Waals surface area contributed by atoms with Crippen LogP contribution in [0.5, 0.6) is 0 Å². The van der Waals surface area contributed by atoms with Crippen LogP contribution < -0.4 is 5.73 Å². The molecule has 1 aromatic carbocycles. The average Bonchev–Trinajstić information content (AvgIpc) is 2.32. The summed E-state index contributed by atoms with van der Waals surface area (Å²) in [6.45, 7) is 2.34. The van der Waals surface area contributed by atoms with Gasteiger partial charge < -0.3 is 5.73 Å². The second-order valence-electron chi connectivity index (χ2n) is 5.21. The predicted molar refractivity (Wildman–Crippen MR) is 82.2 cm³/mol. The first-order chi connectivity index (χ1) is 8.08. The largest absolute Gasteiger partial charge is 0.324 e. The molecule has 2 rings (SSSR count). The van der Waals surface area contributed by atoms with Crippen molar-refractivity contribution in [2.45, 2.75) is 38.6 Å². The van der Waals surface area contributed by atoms with Gasteiger partial charge in [0.05, 0.1) is 0 Å². The molecule has 1 atom stereocenters. The van der Waals surface area contributed by atoms with Crippen LogP contribution in [0.2, 0.25) is 5.02 Å². The number of halogens is 2. The first-order valence-corrected chi connectivity index (χ1v) is 7.74. The van der Waals surface area contributed by atoms with E-state index in [9.17, 15) is 0 Å². The normalized spacial score (nSPS) is 26.8. The van der Waals surface area contributed by atoms with Crippen LogP contribution in [0.3, 0.4) is 0 Å². The topological polar surface area (TPSA) is 26.0 Å². The second-order valence-corrected chi connectivity index (χ2v) is 6.81. The highest BCUT2D eigenvalue weighted by molar-refractivity contribution is 14.1. The Hall–Kier alpha value is 0.200. The van der Waals surface area contributed by atoms with Crippen LogP contribution in [0.25, 0.3) is 0 Å². The number of hydrogen-bond acceptors (Lipinski definition) is 1. The van der Waals surface area contributed by atoms with Crippen molar-refractivity contribution in [3.05, 3.63) is 32.4 Å². The molecule has 2 N–H and O–H groups in total. The van der Waals surface area contributed by atoms with E-state index >= 15 is 0 Å². The van der Waals surface area contributed by atoms with E-state index in [4.69, 9.17) is 17.3 Å². The van der Waals surface area contributed by atoms with E-state index in [2.05, 4.69) is 35.6 Å². The molecule has 0 spiro atoms. The summed E-state index contributed by atoms with van der Waals surface area (Å²) < 4.78 is 1.23. The fraction of sp³-hybridized carbons (Fsp3) is 0.571. The average molecular weight is 364 g/mol. The lowest BCUT2D eigenvalue weighted by Gasteiger charge is -2.31. The van der Waals surface area contributed by atoms with Crippen LogP contribution in [0.4, 0.5) is 0 Å². The monoisotopic (exact) mass is 363 g/mol. The Morgan fingerprint density at radius 3 is 2.59 bits per heavy atom. The van der Waals surface area contributed by atoms with E-state index in [1.54, 1.807) is 0 Å². The van der Waals surface area contributed by atoms with Gasteiger partial charge in [0.15, 0.2) is 0 Å². The molecule has 1 nitrogen and oxygen atoms in total. The van der Waals surface area contributed by atoms with Crippen molar-refractivity contribution in [1.82, 2.24) is 0 Å². The standard InChI is InChI=1S/C14H19ClIN/c1-9-2-4-10(5-3-9)14(17)12-8-11(15)6-7-13(12)16/h6-10,14H,2-5,17H2,1H3. The lowest BCUT2D eigenvalue weighted by Crippen LogP contribution is -2.26. The lowest BCUT2D eigenvalue weighted by atomic mass is 9.78. The molecule has 0 saturated heterocycles. The summed E-state index contributed by atoms with van der Waals surface area (Å²) in [7, 11) is 0. The molecule has 1 unspecified atom stereocenters. The lowest BCUT2D eigenvalue weighted by molar-refractivity contribution is 0.255. The maximum absolute atomic E-state index is 6.42. The molecule has 0 aromatic heterocycles. The highest BCUT2D eigenvalue weighted by Gasteiger charge is 2.25. The Morgan fingerprint density at radius 2 is 1.94 bits per heavy atom. The minimum absolute atomic E-state index is 0.146. The Bertz CT molecular complexity index is 386. The third kappa shape index (κ3) is 3.36. The van der Waals surface area contributed by atoms with Crippen molar-refractivity contribution >= 4 is 34.2 Å². The number of benzene rings is 1. The summed E-state index contributed by atoms with van der Waals surface area (Å²) in [4.78, 5) is 0. The predicted octanol–water partition coefficient (Wildman–Crippen LogP) is 4.77. The van der Waals surface area contributed by atoms with E-state index in [1.165, 1.54) is 34.8 Å². The van der Waals surface area contributed by atoms with Crippen molar-refractivity contribution in [3.63, 3.8) is 0 Å². The zero-order chi connectivity index (χ0) is 12.4. The van der Waals surface area contributed by atoms with Crippen LogP contribution in [-0.2, 0) is 0 Å². The summed E-state index contributed by atoms with van der Waals surface area (Å²) in [6.07, 6.45) is 5.14. The summed E-state index contributed by atoms with van der Waals surface area (Å²) in [6, 6.07) is 6.17. The van der Waals surface area contributed by atoms with E-state index in [0.29, 0.717) is 5.92 Å². The van der Waals surface area contributed by atoms with E-state index in [1.807, 2.05) is 12.1 Å². The Morgan fingerprint density at radius 1 is 1.29 bits per heavy atom. The highest BCUT2D eigenvalue weighted by atomic mass is 127. The van der Waals surface area contributed by atoms with Crippen molar-refractivity contribution in [2.75, 3.05) is 0 Å². The van der Waals surface area contributed by atoms with Gasteiger partial charge in [0.25, 0.3) is 0 Å². The number of nitrogens with two attached hydrogens (primary N) is 1. The number of hydrogen-bond donors (Lipinski definition) is 1. The molecule has 0 aliphatic heterocycles. The maximum Gasteiger partial charge on any atom is 0.0410 e. The van der Waals surface area contributed by atoms with Gasteiger partial charge in [-0.2, -0.15) is 0 Å². The Labute approximate surface area is 122 Å². The van der Waals surface area contributed by atoms with Crippen LogP contribution in [0.15, 0.2) is 18.2 Å². The molecule has 1 aromatic rings. The van der Waals surface area contributed by atoms with Crippen LogP contribution in [0, 0.1) is 15.4 Å². The second kappa shape index (κ2) is 5.89. The van der Waals surface area contributed by atoms with Gasteiger partial charge in [-0.1, -0.05) is 31.4 Å². The van der Waals surface area contributed by atoms with E-state index < -0.39 is 0 Å². The summed E-state index contributed by atoms with van der Waals surface area (Å²) in [5.41, 5.74) is 7.64. The summed E-state index contributed by atoms with van der Waals surface area (Å²) in [5.74, 6) is 1.50. The van der Waals surface area contributed by atoms with Crippen LogP contribution in [-0.4, -0.2) is 0 Å². The molecule has 1 aliphatic carbocycles. The minimum atomic E-state index is 0.146. The maximum atomic E-state index is 6.42. The third-order valence-corrected chi connectivity index (χ3v) is 5.10. The van der Waals surface area contributed by atoms with Crippen molar-refractivity contribution in [1.29, 1.82) is 0 Å². The van der Waals surface area contributed by atoms with Crippen molar-refractivity contribution < 1.29 is 0 Å². The molecule has 0 radical (unpaired) electrons. The minimum Gasteiger partial charge on any atom is -0.324 e. The molecular formula is C14H19ClIN. The van der Waals surface area contributed by atoms with Crippen molar-refractivity contribution in [2.24, 2.45) is 17.6 Å². The highest BCUT2D eigenvalue weighted by Crippen LogP contribution is 2.37. The van der Waals surface area contributed by atoms with E-state index in [0.717, 1.165) is 10.9 Å². The zero-order valence-corrected chi connectivity index (χ0v) is 13.0. The smallest absolute Gasteiger partial charge is 0.0410 e. The molecule has 17 heavy (non-hydrogen) atoms. The van der Waals surface area contributed by atoms with Crippen LogP contribution >= 0.6 is 34.2 Å². The Kier molecular flexibility index (Phi) is 4.72.